The summed E-state index contributed by atoms with van der Waals surface area (Å²) >= 11 is 6.49. The Balaban J connectivity index is 2.92. The molecular weight excluding hydrogens is 186 g/mol. The lowest BCUT2D eigenvalue weighted by molar-refractivity contribution is 1.01. The topological polar surface area (TPSA) is 47.3 Å². The molecule has 0 unspecified atom stereocenters. The second-order valence-electron chi connectivity index (χ2n) is 1.86. The van der Waals surface area contributed by atoms with E-state index in [0.717, 1.165) is 11.5 Å². The van der Waals surface area contributed by atoms with E-state index in [1.807, 2.05) is 0 Å². The summed E-state index contributed by atoms with van der Waals surface area (Å²) in [5.74, 6) is 0. The maximum absolute atomic E-state index is 10.7. The molecule has 56 valence electrons. The highest BCUT2D eigenvalue weighted by molar-refractivity contribution is 7.03. The van der Waals surface area contributed by atoms with Crippen molar-refractivity contribution in [3.63, 3.8) is 0 Å². The van der Waals surface area contributed by atoms with E-state index >= 15 is 0 Å². The number of halogens is 1. The Kier molecular flexibility index (Phi) is 1.40. The molecule has 2 heterocycles. The number of hydrogen-bond acceptors (Lipinski definition) is 4. The molecule has 0 saturated heterocycles. The molecule has 6 heteroatoms. The summed E-state index contributed by atoms with van der Waals surface area (Å²) in [5, 5.41) is 4.19. The van der Waals surface area contributed by atoms with Crippen LogP contribution in [0.1, 0.15) is 0 Å². The SMILES string of the molecule is O=c1nc2ccc(Cl)nn2s1. The minimum atomic E-state index is -0.264. The minimum absolute atomic E-state index is 0.264. The smallest absolute Gasteiger partial charge is 0.253 e. The molecule has 2 aromatic rings. The van der Waals surface area contributed by atoms with E-state index in [9.17, 15) is 4.79 Å². The van der Waals surface area contributed by atoms with Gasteiger partial charge >= 0.3 is 4.87 Å². The minimum Gasteiger partial charge on any atom is -0.253 e. The average molecular weight is 188 g/mol. The maximum atomic E-state index is 10.7. The molecule has 0 spiro atoms. The van der Waals surface area contributed by atoms with Gasteiger partial charge in [0.15, 0.2) is 10.8 Å². The third-order valence-electron chi connectivity index (χ3n) is 1.12. The Morgan fingerprint density at radius 3 is 3.18 bits per heavy atom. The molecule has 0 aliphatic heterocycles. The van der Waals surface area contributed by atoms with Gasteiger partial charge in [0.05, 0.1) is 0 Å². The third kappa shape index (κ3) is 1.12. The molecule has 0 amide bonds. The fraction of sp³-hybridized carbons (Fsp3) is 0. The lowest BCUT2D eigenvalue weighted by Crippen LogP contribution is -1.89. The van der Waals surface area contributed by atoms with E-state index in [1.54, 1.807) is 12.1 Å². The van der Waals surface area contributed by atoms with Gasteiger partial charge in [-0.25, -0.2) is 0 Å². The number of nitrogens with zero attached hydrogens (tertiary/aromatic N) is 3. The predicted octanol–water partition coefficient (Wildman–Crippen LogP) is 0.804. The van der Waals surface area contributed by atoms with Gasteiger partial charge in [-0.15, -0.1) is 5.10 Å². The Labute approximate surface area is 70.2 Å². The largest absolute Gasteiger partial charge is 0.346 e. The second kappa shape index (κ2) is 2.28. The Bertz CT molecular complexity index is 448. The number of hydrogen-bond donors (Lipinski definition) is 0. The van der Waals surface area contributed by atoms with Gasteiger partial charge in [-0.1, -0.05) is 11.6 Å². The van der Waals surface area contributed by atoms with E-state index in [1.165, 1.54) is 3.90 Å². The van der Waals surface area contributed by atoms with Crippen LogP contribution in [0, 0.1) is 0 Å². The van der Waals surface area contributed by atoms with E-state index in [-0.39, 0.29) is 4.87 Å². The first kappa shape index (κ1) is 6.75. The highest BCUT2D eigenvalue weighted by atomic mass is 35.5. The molecule has 11 heavy (non-hydrogen) atoms. The van der Waals surface area contributed by atoms with Crippen molar-refractivity contribution < 1.29 is 0 Å². The zero-order valence-corrected chi connectivity index (χ0v) is 6.76. The second-order valence-corrected chi connectivity index (χ2v) is 3.12. The third-order valence-corrected chi connectivity index (χ3v) is 2.01. The van der Waals surface area contributed by atoms with Crippen LogP contribution < -0.4 is 4.87 Å². The van der Waals surface area contributed by atoms with Gasteiger partial charge in [0.1, 0.15) is 0 Å². The number of rotatable bonds is 0. The highest BCUT2D eigenvalue weighted by Crippen LogP contribution is 2.05. The van der Waals surface area contributed by atoms with Crippen molar-refractivity contribution in [3.8, 4) is 0 Å². The van der Waals surface area contributed by atoms with Gasteiger partial charge in [0, 0.05) is 11.5 Å². The van der Waals surface area contributed by atoms with E-state index < -0.39 is 0 Å². The molecule has 2 rings (SSSR count). The fourth-order valence-corrected chi connectivity index (χ4v) is 1.50. The van der Waals surface area contributed by atoms with Gasteiger partial charge in [-0.3, -0.25) is 4.79 Å². The standard InChI is InChI=1S/C5H2ClN3OS/c6-3-1-2-4-7-5(10)11-9(4)8-3/h1-2H. The van der Waals surface area contributed by atoms with Crippen molar-refractivity contribution in [2.24, 2.45) is 0 Å². The molecule has 0 N–H and O–H groups in total. The molecule has 0 atom stereocenters. The summed E-state index contributed by atoms with van der Waals surface area (Å²) in [6, 6.07) is 3.24. The van der Waals surface area contributed by atoms with Crippen LogP contribution in [0.3, 0.4) is 0 Å². The van der Waals surface area contributed by atoms with Crippen molar-refractivity contribution in [2.45, 2.75) is 0 Å². The van der Waals surface area contributed by atoms with Gasteiger partial charge < -0.3 is 0 Å². The lowest BCUT2D eigenvalue weighted by Gasteiger charge is -1.88. The zero-order chi connectivity index (χ0) is 7.84. The van der Waals surface area contributed by atoms with Crippen molar-refractivity contribution in [2.75, 3.05) is 0 Å². The van der Waals surface area contributed by atoms with Crippen LogP contribution in [0.2, 0.25) is 5.15 Å². The summed E-state index contributed by atoms with van der Waals surface area (Å²) in [5.41, 5.74) is 0.532. The van der Waals surface area contributed by atoms with Crippen LogP contribution >= 0.6 is 23.1 Å². The number of aromatic nitrogens is 3. The van der Waals surface area contributed by atoms with Gasteiger partial charge in [0.2, 0.25) is 0 Å². The lowest BCUT2D eigenvalue weighted by atomic mass is 10.6. The van der Waals surface area contributed by atoms with Gasteiger partial charge in [0.25, 0.3) is 0 Å². The molecule has 0 aliphatic carbocycles. The van der Waals surface area contributed by atoms with Gasteiger partial charge in [-0.05, 0) is 12.1 Å². The average Bonchev–Trinajstić information content (AvgIpc) is 2.27. The molecule has 0 fully saturated rings. The van der Waals surface area contributed by atoms with Gasteiger partial charge in [-0.2, -0.15) is 8.89 Å². The first-order chi connectivity index (χ1) is 5.25. The molecule has 0 radical (unpaired) electrons. The van der Waals surface area contributed by atoms with Crippen LogP contribution in [0.25, 0.3) is 5.65 Å². The fourth-order valence-electron chi connectivity index (χ4n) is 0.714. The Hall–Kier alpha value is -0.940. The van der Waals surface area contributed by atoms with Crippen molar-refractivity contribution in [3.05, 3.63) is 27.0 Å². The molecule has 2 aromatic heterocycles. The van der Waals surface area contributed by atoms with Crippen LogP contribution in [-0.4, -0.2) is 14.0 Å². The van der Waals surface area contributed by atoms with Crippen LogP contribution in [-0.2, 0) is 0 Å². The summed E-state index contributed by atoms with van der Waals surface area (Å²) in [6.45, 7) is 0. The summed E-state index contributed by atoms with van der Waals surface area (Å²) < 4.78 is 1.39. The molecule has 4 nitrogen and oxygen atoms in total. The molecule has 0 aromatic carbocycles. The summed E-state index contributed by atoms with van der Waals surface area (Å²) in [7, 11) is 0. The summed E-state index contributed by atoms with van der Waals surface area (Å²) in [4.78, 5) is 14.1. The van der Waals surface area contributed by atoms with E-state index in [0.29, 0.717) is 10.8 Å². The van der Waals surface area contributed by atoms with Crippen molar-refractivity contribution >= 4 is 28.8 Å². The van der Waals surface area contributed by atoms with E-state index in [2.05, 4.69) is 10.1 Å². The van der Waals surface area contributed by atoms with Crippen LogP contribution in [0.4, 0.5) is 0 Å². The van der Waals surface area contributed by atoms with Crippen LogP contribution in [0.5, 0.6) is 0 Å². The van der Waals surface area contributed by atoms with Crippen molar-refractivity contribution in [1.82, 2.24) is 14.0 Å². The first-order valence-corrected chi connectivity index (χ1v) is 3.94. The molecule has 0 saturated carbocycles. The van der Waals surface area contributed by atoms with Crippen molar-refractivity contribution in [1.29, 1.82) is 0 Å². The highest BCUT2D eigenvalue weighted by Gasteiger charge is 1.98. The van der Waals surface area contributed by atoms with E-state index in [4.69, 9.17) is 11.6 Å². The monoisotopic (exact) mass is 187 g/mol. The predicted molar refractivity (Wildman–Crippen MR) is 42.1 cm³/mol. The zero-order valence-electron chi connectivity index (χ0n) is 5.19. The maximum Gasteiger partial charge on any atom is 0.346 e. The Morgan fingerprint density at radius 2 is 2.36 bits per heavy atom. The normalized spacial score (nSPS) is 10.6. The molecule has 0 bridgehead atoms. The summed E-state index contributed by atoms with van der Waals surface area (Å²) in [6.07, 6.45) is 0. The molecular formula is C5H2ClN3OS. The Morgan fingerprint density at radius 1 is 1.55 bits per heavy atom. The van der Waals surface area contributed by atoms with Crippen LogP contribution in [0.15, 0.2) is 16.9 Å². The molecule has 0 aliphatic rings. The first-order valence-electron chi connectivity index (χ1n) is 2.78. The number of fused-ring (bicyclic) bond motifs is 1. The quantitative estimate of drug-likeness (QED) is 0.613.